The van der Waals surface area contributed by atoms with Gasteiger partial charge in [0.15, 0.2) is 0 Å². The van der Waals surface area contributed by atoms with Crippen molar-refractivity contribution in [3.05, 3.63) is 53.2 Å². The molecule has 1 aromatic heterocycles. The van der Waals surface area contributed by atoms with E-state index in [0.29, 0.717) is 12.5 Å². The summed E-state index contributed by atoms with van der Waals surface area (Å²) in [5, 5.41) is 9.97. The van der Waals surface area contributed by atoms with Gasteiger partial charge in [0.05, 0.1) is 6.10 Å². The molecule has 1 atom stereocenters. The molecule has 1 aromatic carbocycles. The molecule has 140 valence electrons. The van der Waals surface area contributed by atoms with Crippen molar-refractivity contribution in [3.8, 4) is 11.6 Å². The summed E-state index contributed by atoms with van der Waals surface area (Å²) in [6, 6.07) is 12.1. The quantitative estimate of drug-likeness (QED) is 0.759. The molecule has 2 heterocycles. The molecule has 1 saturated heterocycles. The Labute approximate surface area is 156 Å². The van der Waals surface area contributed by atoms with Gasteiger partial charge in [-0.15, -0.1) is 0 Å². The molecule has 1 fully saturated rings. The van der Waals surface area contributed by atoms with E-state index in [1.165, 1.54) is 24.0 Å². The molecule has 0 aliphatic carbocycles. The summed E-state index contributed by atoms with van der Waals surface area (Å²) in [5.74, 6) is 0.681. The number of aromatic hydroxyl groups is 1. The van der Waals surface area contributed by atoms with Crippen LogP contribution >= 0.6 is 0 Å². The van der Waals surface area contributed by atoms with Crippen molar-refractivity contribution < 1.29 is 14.6 Å². The molecule has 1 aliphatic heterocycles. The highest BCUT2D eigenvalue weighted by Gasteiger charge is 2.15. The zero-order valence-corrected chi connectivity index (χ0v) is 15.6. The highest BCUT2D eigenvalue weighted by atomic mass is 16.5. The van der Waals surface area contributed by atoms with E-state index in [1.54, 1.807) is 12.1 Å². The van der Waals surface area contributed by atoms with E-state index in [1.807, 2.05) is 0 Å². The van der Waals surface area contributed by atoms with Crippen LogP contribution in [0.3, 0.4) is 0 Å². The van der Waals surface area contributed by atoms with Gasteiger partial charge < -0.3 is 14.6 Å². The van der Waals surface area contributed by atoms with Gasteiger partial charge in [-0.2, -0.15) is 0 Å². The molecule has 0 bridgehead atoms. The summed E-state index contributed by atoms with van der Waals surface area (Å²) in [6.07, 6.45) is 7.44. The van der Waals surface area contributed by atoms with Crippen LogP contribution in [-0.2, 0) is 24.0 Å². The molecule has 0 unspecified atom stereocenters. The zero-order chi connectivity index (χ0) is 18.2. The standard InChI is InChI=1S/C22H29NO3/c1-2-5-17-7-9-18(10-8-17)11-12-19-14-20(24)15-22(23-19)26-16-21-6-3-4-13-25-21/h7-10,14-15,21H,2-6,11-13,16H2,1H3,(H,23,24)/t21-/m0/s1. The van der Waals surface area contributed by atoms with Gasteiger partial charge in [-0.05, 0) is 49.7 Å². The monoisotopic (exact) mass is 355 g/mol. The summed E-state index contributed by atoms with van der Waals surface area (Å²) in [6.45, 7) is 3.50. The van der Waals surface area contributed by atoms with Crippen LogP contribution in [0.4, 0.5) is 0 Å². The topological polar surface area (TPSA) is 51.6 Å². The molecule has 0 amide bonds. The maximum absolute atomic E-state index is 9.97. The van der Waals surface area contributed by atoms with Gasteiger partial charge in [-0.25, -0.2) is 4.98 Å². The molecule has 3 rings (SSSR count). The molecule has 0 radical (unpaired) electrons. The minimum atomic E-state index is 0.137. The Morgan fingerprint density at radius 2 is 1.85 bits per heavy atom. The lowest BCUT2D eigenvalue weighted by Gasteiger charge is -2.22. The Kier molecular flexibility index (Phi) is 6.89. The van der Waals surface area contributed by atoms with Crippen molar-refractivity contribution in [1.29, 1.82) is 0 Å². The summed E-state index contributed by atoms with van der Waals surface area (Å²) >= 11 is 0. The lowest BCUT2D eigenvalue weighted by Crippen LogP contribution is -2.26. The molecular formula is C22H29NO3. The predicted molar refractivity (Wildman–Crippen MR) is 103 cm³/mol. The Hall–Kier alpha value is -2.07. The van der Waals surface area contributed by atoms with Crippen LogP contribution in [0.1, 0.15) is 49.4 Å². The number of pyridine rings is 1. The second-order valence-electron chi connectivity index (χ2n) is 7.02. The summed E-state index contributed by atoms with van der Waals surface area (Å²) < 4.78 is 11.4. The average Bonchev–Trinajstić information content (AvgIpc) is 2.67. The Balaban J connectivity index is 1.54. The smallest absolute Gasteiger partial charge is 0.217 e. The summed E-state index contributed by atoms with van der Waals surface area (Å²) in [4.78, 5) is 4.54. The minimum absolute atomic E-state index is 0.137. The van der Waals surface area contributed by atoms with Gasteiger partial charge in [0, 0.05) is 24.4 Å². The van der Waals surface area contributed by atoms with E-state index in [0.717, 1.165) is 44.4 Å². The highest BCUT2D eigenvalue weighted by Crippen LogP contribution is 2.21. The van der Waals surface area contributed by atoms with Gasteiger partial charge >= 0.3 is 0 Å². The van der Waals surface area contributed by atoms with Gasteiger partial charge in [0.2, 0.25) is 5.88 Å². The average molecular weight is 355 g/mol. The van der Waals surface area contributed by atoms with Crippen molar-refractivity contribution in [2.75, 3.05) is 13.2 Å². The van der Waals surface area contributed by atoms with Crippen LogP contribution in [0.15, 0.2) is 36.4 Å². The first-order valence-electron chi connectivity index (χ1n) is 9.75. The van der Waals surface area contributed by atoms with Crippen LogP contribution in [-0.4, -0.2) is 29.4 Å². The Morgan fingerprint density at radius 3 is 2.54 bits per heavy atom. The third-order valence-electron chi connectivity index (χ3n) is 4.76. The molecule has 2 aromatic rings. The Morgan fingerprint density at radius 1 is 1.08 bits per heavy atom. The second-order valence-corrected chi connectivity index (χ2v) is 7.02. The number of benzene rings is 1. The third-order valence-corrected chi connectivity index (χ3v) is 4.76. The van der Waals surface area contributed by atoms with E-state index < -0.39 is 0 Å². The highest BCUT2D eigenvalue weighted by molar-refractivity contribution is 5.30. The molecule has 0 saturated carbocycles. The largest absolute Gasteiger partial charge is 0.508 e. The van der Waals surface area contributed by atoms with Crippen LogP contribution in [0.25, 0.3) is 0 Å². The van der Waals surface area contributed by atoms with E-state index >= 15 is 0 Å². The van der Waals surface area contributed by atoms with Crippen molar-refractivity contribution in [2.45, 2.75) is 58.0 Å². The fourth-order valence-corrected chi connectivity index (χ4v) is 3.30. The van der Waals surface area contributed by atoms with Crippen LogP contribution < -0.4 is 4.74 Å². The molecule has 4 nitrogen and oxygen atoms in total. The Bertz CT molecular complexity index is 678. The number of rotatable bonds is 8. The maximum atomic E-state index is 9.97. The first-order chi connectivity index (χ1) is 12.7. The zero-order valence-electron chi connectivity index (χ0n) is 15.6. The van der Waals surface area contributed by atoms with E-state index in [-0.39, 0.29) is 11.9 Å². The number of aromatic nitrogens is 1. The number of hydrogen-bond donors (Lipinski definition) is 1. The molecule has 0 spiro atoms. The first kappa shape index (κ1) is 18.7. The second kappa shape index (κ2) is 9.58. The summed E-state index contributed by atoms with van der Waals surface area (Å²) in [7, 11) is 0. The molecule has 1 aliphatic rings. The van der Waals surface area contributed by atoms with Crippen molar-refractivity contribution >= 4 is 0 Å². The lowest BCUT2D eigenvalue weighted by molar-refractivity contribution is -0.0120. The first-order valence-corrected chi connectivity index (χ1v) is 9.75. The van der Waals surface area contributed by atoms with Crippen molar-refractivity contribution in [3.63, 3.8) is 0 Å². The molecule has 1 N–H and O–H groups in total. The fraction of sp³-hybridized carbons (Fsp3) is 0.500. The number of ether oxygens (including phenoxy) is 2. The van der Waals surface area contributed by atoms with E-state index in [9.17, 15) is 5.11 Å². The maximum Gasteiger partial charge on any atom is 0.217 e. The minimum Gasteiger partial charge on any atom is -0.508 e. The third kappa shape index (κ3) is 5.73. The van der Waals surface area contributed by atoms with Gasteiger partial charge in [0.1, 0.15) is 12.4 Å². The molecule has 4 heteroatoms. The van der Waals surface area contributed by atoms with Crippen molar-refractivity contribution in [1.82, 2.24) is 4.98 Å². The number of hydrogen-bond acceptors (Lipinski definition) is 4. The predicted octanol–water partition coefficient (Wildman–Crippen LogP) is 4.47. The van der Waals surface area contributed by atoms with Gasteiger partial charge in [0.25, 0.3) is 0 Å². The van der Waals surface area contributed by atoms with Gasteiger partial charge in [-0.3, -0.25) is 0 Å². The summed E-state index contributed by atoms with van der Waals surface area (Å²) in [5.41, 5.74) is 3.52. The fourth-order valence-electron chi connectivity index (χ4n) is 3.30. The molecule has 26 heavy (non-hydrogen) atoms. The SMILES string of the molecule is CCCc1ccc(CCc2cc(O)cc(OC[C@@H]3CCCCO3)n2)cc1. The molecular weight excluding hydrogens is 326 g/mol. The van der Waals surface area contributed by atoms with Crippen LogP contribution in [0.5, 0.6) is 11.6 Å². The normalized spacial score (nSPS) is 17.2. The number of aryl methyl sites for hydroxylation is 3. The van der Waals surface area contributed by atoms with Crippen LogP contribution in [0, 0.1) is 0 Å². The number of nitrogens with zero attached hydrogens (tertiary/aromatic N) is 1. The van der Waals surface area contributed by atoms with Crippen LogP contribution in [0.2, 0.25) is 0 Å². The van der Waals surface area contributed by atoms with Gasteiger partial charge in [-0.1, -0.05) is 37.6 Å². The van der Waals surface area contributed by atoms with Crippen molar-refractivity contribution in [2.24, 2.45) is 0 Å². The lowest BCUT2D eigenvalue weighted by atomic mass is 10.0. The van der Waals surface area contributed by atoms with E-state index in [4.69, 9.17) is 9.47 Å². The van der Waals surface area contributed by atoms with E-state index in [2.05, 4.69) is 36.2 Å².